The van der Waals surface area contributed by atoms with Gasteiger partial charge in [0.05, 0.1) is 0 Å². The van der Waals surface area contributed by atoms with Crippen LogP contribution < -0.4 is 0 Å². The summed E-state index contributed by atoms with van der Waals surface area (Å²) in [6.45, 7) is 1.75. The Hall–Kier alpha value is -0.350. The van der Waals surface area contributed by atoms with E-state index in [1.807, 2.05) is 29.0 Å². The molecule has 0 saturated carbocycles. The van der Waals surface area contributed by atoms with Crippen molar-refractivity contribution in [3.8, 4) is 0 Å². The largest absolute Gasteiger partial charge is 0.381 e. The lowest BCUT2D eigenvalue weighted by Gasteiger charge is -2.24. The highest BCUT2D eigenvalue weighted by Gasteiger charge is 2.30. The first-order valence-corrected chi connectivity index (χ1v) is 6.84. The van der Waals surface area contributed by atoms with Crippen molar-refractivity contribution in [1.82, 2.24) is 0 Å². The number of halogens is 2. The van der Waals surface area contributed by atoms with E-state index in [1.165, 1.54) is 0 Å². The van der Waals surface area contributed by atoms with Crippen molar-refractivity contribution in [2.75, 3.05) is 0 Å². The molecule has 16 heavy (non-hydrogen) atoms. The summed E-state index contributed by atoms with van der Waals surface area (Å²) in [6, 6.07) is 7.35. The molecule has 1 N–H and O–H groups in total. The molecule has 1 unspecified atom stereocenters. The normalized spacial score (nSPS) is 14.8. The fraction of sp³-hybridized carbons (Fsp3) is 0.167. The van der Waals surface area contributed by atoms with Gasteiger partial charge in [-0.3, -0.25) is 0 Å². The van der Waals surface area contributed by atoms with Crippen molar-refractivity contribution in [2.45, 2.75) is 12.5 Å². The molecular formula is C12H10BrClOS. The van der Waals surface area contributed by atoms with Crippen LogP contribution in [0, 0.1) is 0 Å². The van der Waals surface area contributed by atoms with Crippen LogP contribution in [0.1, 0.15) is 18.1 Å². The molecule has 0 bridgehead atoms. The SMILES string of the molecule is CC(O)(c1ccccc1Cl)c1cscc1Br. The van der Waals surface area contributed by atoms with Gasteiger partial charge in [0, 0.05) is 26.0 Å². The fourth-order valence-corrected chi connectivity index (χ4v) is 3.73. The van der Waals surface area contributed by atoms with Crippen molar-refractivity contribution in [2.24, 2.45) is 0 Å². The summed E-state index contributed by atoms with van der Waals surface area (Å²) in [6.07, 6.45) is 0. The van der Waals surface area contributed by atoms with Gasteiger partial charge in [-0.1, -0.05) is 29.8 Å². The van der Waals surface area contributed by atoms with E-state index in [0.717, 1.165) is 15.6 Å². The van der Waals surface area contributed by atoms with Gasteiger partial charge in [-0.2, -0.15) is 11.3 Å². The quantitative estimate of drug-likeness (QED) is 0.869. The molecule has 0 spiro atoms. The minimum absolute atomic E-state index is 0.575. The van der Waals surface area contributed by atoms with Crippen LogP contribution >= 0.6 is 38.9 Å². The molecule has 1 aromatic heterocycles. The third-order valence-corrected chi connectivity index (χ3v) is 4.57. The monoisotopic (exact) mass is 316 g/mol. The smallest absolute Gasteiger partial charge is 0.115 e. The predicted octanol–water partition coefficient (Wildman–Crippen LogP) is 4.42. The van der Waals surface area contributed by atoms with E-state index < -0.39 is 5.60 Å². The second kappa shape index (κ2) is 4.49. The van der Waals surface area contributed by atoms with Gasteiger partial charge >= 0.3 is 0 Å². The van der Waals surface area contributed by atoms with Crippen molar-refractivity contribution < 1.29 is 5.11 Å². The summed E-state index contributed by atoms with van der Waals surface area (Å²) in [4.78, 5) is 0. The molecule has 0 fully saturated rings. The lowest BCUT2D eigenvalue weighted by Crippen LogP contribution is -2.22. The third kappa shape index (κ3) is 2.05. The zero-order valence-electron chi connectivity index (χ0n) is 8.58. The highest BCUT2D eigenvalue weighted by atomic mass is 79.9. The maximum Gasteiger partial charge on any atom is 0.115 e. The zero-order chi connectivity index (χ0) is 11.8. The molecule has 0 saturated heterocycles. The molecule has 84 valence electrons. The van der Waals surface area contributed by atoms with Crippen molar-refractivity contribution in [1.29, 1.82) is 0 Å². The Kier molecular flexibility index (Phi) is 3.40. The van der Waals surface area contributed by atoms with E-state index in [1.54, 1.807) is 24.3 Å². The Morgan fingerprint density at radius 2 is 1.94 bits per heavy atom. The summed E-state index contributed by atoms with van der Waals surface area (Å²) >= 11 is 11.1. The maximum absolute atomic E-state index is 10.6. The van der Waals surface area contributed by atoms with Crippen molar-refractivity contribution in [3.05, 3.63) is 55.6 Å². The Labute approximate surface area is 112 Å². The Balaban J connectivity index is 2.55. The summed E-state index contributed by atoms with van der Waals surface area (Å²) in [7, 11) is 0. The molecule has 2 rings (SSSR count). The van der Waals surface area contributed by atoms with Gasteiger partial charge in [0.2, 0.25) is 0 Å². The highest BCUT2D eigenvalue weighted by molar-refractivity contribution is 9.10. The van der Waals surface area contributed by atoms with Crippen molar-refractivity contribution in [3.63, 3.8) is 0 Å². The first-order chi connectivity index (χ1) is 7.53. The first-order valence-electron chi connectivity index (χ1n) is 4.73. The van der Waals surface area contributed by atoms with Gasteiger partial charge in [-0.05, 0) is 34.3 Å². The van der Waals surface area contributed by atoms with Crippen LogP contribution in [0.2, 0.25) is 5.02 Å². The molecule has 1 nitrogen and oxygen atoms in total. The molecular weight excluding hydrogens is 308 g/mol. The average Bonchev–Trinajstić information content (AvgIpc) is 2.65. The Morgan fingerprint density at radius 3 is 2.50 bits per heavy atom. The lowest BCUT2D eigenvalue weighted by molar-refractivity contribution is 0.102. The fourth-order valence-electron chi connectivity index (χ4n) is 1.63. The number of hydrogen-bond acceptors (Lipinski definition) is 2. The van der Waals surface area contributed by atoms with Crippen LogP contribution in [0.3, 0.4) is 0 Å². The molecule has 4 heteroatoms. The van der Waals surface area contributed by atoms with Crippen LogP contribution in [-0.2, 0) is 5.60 Å². The lowest BCUT2D eigenvalue weighted by atomic mass is 9.90. The second-order valence-electron chi connectivity index (χ2n) is 3.69. The van der Waals surface area contributed by atoms with Gasteiger partial charge < -0.3 is 5.11 Å². The van der Waals surface area contributed by atoms with Crippen LogP contribution in [0.4, 0.5) is 0 Å². The van der Waals surface area contributed by atoms with Crippen LogP contribution in [0.5, 0.6) is 0 Å². The highest BCUT2D eigenvalue weighted by Crippen LogP contribution is 2.38. The summed E-state index contributed by atoms with van der Waals surface area (Å²) in [5, 5.41) is 15.0. The van der Waals surface area contributed by atoms with Gasteiger partial charge in [-0.15, -0.1) is 0 Å². The minimum atomic E-state index is -1.07. The first kappa shape index (κ1) is 12.1. The second-order valence-corrected chi connectivity index (χ2v) is 5.69. The van der Waals surface area contributed by atoms with E-state index in [-0.39, 0.29) is 0 Å². The number of hydrogen-bond donors (Lipinski definition) is 1. The van der Waals surface area contributed by atoms with Gasteiger partial charge in [0.1, 0.15) is 5.60 Å². The van der Waals surface area contributed by atoms with Crippen LogP contribution in [0.15, 0.2) is 39.5 Å². The van der Waals surface area contributed by atoms with E-state index in [2.05, 4.69) is 15.9 Å². The van der Waals surface area contributed by atoms with E-state index in [9.17, 15) is 5.11 Å². The predicted molar refractivity (Wildman–Crippen MR) is 72.1 cm³/mol. The minimum Gasteiger partial charge on any atom is -0.381 e. The molecule has 1 aromatic carbocycles. The summed E-state index contributed by atoms with van der Waals surface area (Å²) in [5.74, 6) is 0. The summed E-state index contributed by atoms with van der Waals surface area (Å²) in [5.41, 5.74) is 0.485. The van der Waals surface area contributed by atoms with E-state index in [0.29, 0.717) is 5.02 Å². The number of rotatable bonds is 2. The summed E-state index contributed by atoms with van der Waals surface area (Å²) < 4.78 is 0.905. The van der Waals surface area contributed by atoms with Crippen LogP contribution in [0.25, 0.3) is 0 Å². The van der Waals surface area contributed by atoms with Crippen molar-refractivity contribution >= 4 is 38.9 Å². The standard InChI is InChI=1S/C12H10BrClOS/c1-12(15,9-6-16-7-10(9)13)8-4-2-3-5-11(8)14/h2-7,15H,1H3. The number of thiophene rings is 1. The molecule has 0 radical (unpaired) electrons. The zero-order valence-corrected chi connectivity index (χ0v) is 11.7. The van der Waals surface area contributed by atoms with Gasteiger partial charge in [0.15, 0.2) is 0 Å². The average molecular weight is 318 g/mol. The Bertz CT molecular complexity index is 507. The third-order valence-electron chi connectivity index (χ3n) is 2.54. The topological polar surface area (TPSA) is 20.2 Å². The molecule has 1 atom stereocenters. The molecule has 0 aliphatic heterocycles. The molecule has 0 amide bonds. The van der Waals surface area contributed by atoms with E-state index in [4.69, 9.17) is 11.6 Å². The number of aliphatic hydroxyl groups is 1. The van der Waals surface area contributed by atoms with E-state index >= 15 is 0 Å². The molecule has 2 aromatic rings. The molecule has 0 aliphatic carbocycles. The van der Waals surface area contributed by atoms with Crippen LogP contribution in [-0.4, -0.2) is 5.11 Å². The van der Waals surface area contributed by atoms with Gasteiger partial charge in [0.25, 0.3) is 0 Å². The Morgan fingerprint density at radius 1 is 1.25 bits per heavy atom. The molecule has 0 aliphatic rings. The number of benzene rings is 1. The van der Waals surface area contributed by atoms with Gasteiger partial charge in [-0.25, -0.2) is 0 Å². The maximum atomic E-state index is 10.6. The molecule has 1 heterocycles.